The molecule has 3 nitrogen and oxygen atoms in total. The van der Waals surface area contributed by atoms with E-state index in [2.05, 4.69) is 10.2 Å². The summed E-state index contributed by atoms with van der Waals surface area (Å²) in [5.74, 6) is -0.369. The van der Waals surface area contributed by atoms with Gasteiger partial charge in [0.1, 0.15) is 5.82 Å². The van der Waals surface area contributed by atoms with E-state index in [1.807, 2.05) is 0 Å². The number of piperidine rings is 2. The van der Waals surface area contributed by atoms with Crippen molar-refractivity contribution in [1.29, 1.82) is 0 Å². The SMILES string of the molecule is O=C(NC1C[C@H]2CCC[C@@H](C1)N2C1CC1)c1ccc(F)cc1. The maximum atomic E-state index is 13.0. The van der Waals surface area contributed by atoms with Crippen molar-refractivity contribution < 1.29 is 9.18 Å². The van der Waals surface area contributed by atoms with Crippen molar-refractivity contribution in [3.63, 3.8) is 0 Å². The molecule has 3 fully saturated rings. The molecule has 1 unspecified atom stereocenters. The second-order valence-corrected chi connectivity index (χ2v) is 7.07. The van der Waals surface area contributed by atoms with E-state index >= 15 is 0 Å². The number of hydrogen-bond acceptors (Lipinski definition) is 2. The highest BCUT2D eigenvalue weighted by atomic mass is 19.1. The van der Waals surface area contributed by atoms with Gasteiger partial charge in [0.25, 0.3) is 5.91 Å². The van der Waals surface area contributed by atoms with Gasteiger partial charge in [0.15, 0.2) is 0 Å². The van der Waals surface area contributed by atoms with Gasteiger partial charge in [0.2, 0.25) is 0 Å². The molecule has 1 aliphatic carbocycles. The van der Waals surface area contributed by atoms with Gasteiger partial charge in [-0.25, -0.2) is 4.39 Å². The normalized spacial score (nSPS) is 31.8. The summed E-state index contributed by atoms with van der Waals surface area (Å²) in [7, 11) is 0. The molecule has 3 atom stereocenters. The minimum Gasteiger partial charge on any atom is -0.349 e. The Hall–Kier alpha value is -1.42. The van der Waals surface area contributed by atoms with Crippen LogP contribution in [0, 0.1) is 5.82 Å². The van der Waals surface area contributed by atoms with Crippen molar-refractivity contribution in [1.82, 2.24) is 10.2 Å². The molecule has 3 aliphatic rings. The molecule has 0 radical (unpaired) electrons. The van der Waals surface area contributed by atoms with Crippen LogP contribution in [0.4, 0.5) is 4.39 Å². The van der Waals surface area contributed by atoms with Gasteiger partial charge >= 0.3 is 0 Å². The van der Waals surface area contributed by atoms with Crippen molar-refractivity contribution in [2.45, 2.75) is 69.1 Å². The van der Waals surface area contributed by atoms with Crippen molar-refractivity contribution in [2.75, 3.05) is 0 Å². The lowest BCUT2D eigenvalue weighted by Crippen LogP contribution is -2.57. The number of nitrogens with zero attached hydrogens (tertiary/aromatic N) is 1. The molecule has 2 saturated heterocycles. The van der Waals surface area contributed by atoms with Gasteiger partial charge in [-0.3, -0.25) is 9.69 Å². The van der Waals surface area contributed by atoms with Crippen molar-refractivity contribution >= 4 is 5.91 Å². The lowest BCUT2D eigenvalue weighted by Gasteiger charge is -2.49. The van der Waals surface area contributed by atoms with Crippen LogP contribution in [0.15, 0.2) is 24.3 Å². The van der Waals surface area contributed by atoms with E-state index in [0.717, 1.165) is 18.9 Å². The fourth-order valence-electron chi connectivity index (χ4n) is 4.37. The van der Waals surface area contributed by atoms with E-state index in [1.165, 1.54) is 44.2 Å². The molecule has 2 heterocycles. The molecule has 118 valence electrons. The third-order valence-corrected chi connectivity index (χ3v) is 5.44. The standard InChI is InChI=1S/C18H23FN2O/c19-13-6-4-12(5-7-13)18(22)20-14-10-16-2-1-3-17(11-14)21(16)15-8-9-15/h4-7,14-17H,1-3,8-11H2,(H,20,22)/t14?,16-,17+. The van der Waals surface area contributed by atoms with E-state index in [1.54, 1.807) is 12.1 Å². The molecule has 1 aromatic carbocycles. The number of fused-ring (bicyclic) bond motifs is 2. The summed E-state index contributed by atoms with van der Waals surface area (Å²) in [6.45, 7) is 0. The second kappa shape index (κ2) is 5.65. The Labute approximate surface area is 130 Å². The van der Waals surface area contributed by atoms with Crippen molar-refractivity contribution in [3.8, 4) is 0 Å². The molecule has 1 saturated carbocycles. The van der Waals surface area contributed by atoms with Gasteiger partial charge in [-0.1, -0.05) is 6.42 Å². The van der Waals surface area contributed by atoms with E-state index < -0.39 is 0 Å². The Kier molecular flexibility index (Phi) is 3.65. The molecule has 1 N–H and O–H groups in total. The third kappa shape index (κ3) is 2.76. The summed E-state index contributed by atoms with van der Waals surface area (Å²) in [5, 5.41) is 3.18. The predicted molar refractivity (Wildman–Crippen MR) is 83.2 cm³/mol. The first-order valence-corrected chi connectivity index (χ1v) is 8.54. The second-order valence-electron chi connectivity index (χ2n) is 7.07. The molecular weight excluding hydrogens is 279 g/mol. The average molecular weight is 302 g/mol. The topological polar surface area (TPSA) is 32.3 Å². The highest BCUT2D eigenvalue weighted by molar-refractivity contribution is 5.94. The monoisotopic (exact) mass is 302 g/mol. The van der Waals surface area contributed by atoms with Crippen LogP contribution in [0.5, 0.6) is 0 Å². The van der Waals surface area contributed by atoms with Crippen molar-refractivity contribution in [2.24, 2.45) is 0 Å². The number of carbonyl (C=O) groups excluding carboxylic acids is 1. The van der Waals surface area contributed by atoms with Crippen LogP contribution in [-0.2, 0) is 0 Å². The van der Waals surface area contributed by atoms with Crippen LogP contribution in [0.3, 0.4) is 0 Å². The number of benzene rings is 1. The Bertz CT molecular complexity index is 541. The zero-order valence-corrected chi connectivity index (χ0v) is 12.8. The molecule has 4 heteroatoms. The molecular formula is C18H23FN2O. The van der Waals surface area contributed by atoms with E-state index in [4.69, 9.17) is 0 Å². The highest BCUT2D eigenvalue weighted by Gasteiger charge is 2.45. The Morgan fingerprint density at radius 1 is 1.00 bits per heavy atom. The maximum Gasteiger partial charge on any atom is 0.251 e. The van der Waals surface area contributed by atoms with Crippen LogP contribution in [0.1, 0.15) is 55.3 Å². The van der Waals surface area contributed by atoms with Gasteiger partial charge in [-0.2, -0.15) is 0 Å². The van der Waals surface area contributed by atoms with E-state index in [0.29, 0.717) is 17.6 Å². The molecule has 1 aromatic rings. The summed E-state index contributed by atoms with van der Waals surface area (Å²) in [4.78, 5) is 15.1. The van der Waals surface area contributed by atoms with E-state index in [-0.39, 0.29) is 17.8 Å². The minimum absolute atomic E-state index is 0.0667. The number of halogens is 1. The third-order valence-electron chi connectivity index (χ3n) is 5.44. The summed E-state index contributed by atoms with van der Waals surface area (Å²) in [6, 6.07) is 8.21. The first-order valence-electron chi connectivity index (χ1n) is 8.54. The van der Waals surface area contributed by atoms with Crippen LogP contribution in [-0.4, -0.2) is 35.0 Å². The summed E-state index contributed by atoms with van der Waals surface area (Å²) >= 11 is 0. The van der Waals surface area contributed by atoms with Crippen LogP contribution < -0.4 is 5.32 Å². The molecule has 0 spiro atoms. The summed E-state index contributed by atoms with van der Waals surface area (Å²) in [5.41, 5.74) is 0.552. The molecule has 1 amide bonds. The van der Waals surface area contributed by atoms with Gasteiger partial charge in [-0.15, -0.1) is 0 Å². The van der Waals surface area contributed by atoms with Crippen LogP contribution >= 0.6 is 0 Å². The minimum atomic E-state index is -0.302. The van der Waals surface area contributed by atoms with Crippen LogP contribution in [0.2, 0.25) is 0 Å². The lowest BCUT2D eigenvalue weighted by molar-refractivity contribution is 0.0175. The van der Waals surface area contributed by atoms with Gasteiger partial charge < -0.3 is 5.32 Å². The average Bonchev–Trinajstić information content (AvgIpc) is 3.31. The molecule has 2 aliphatic heterocycles. The Morgan fingerprint density at radius 3 is 2.23 bits per heavy atom. The summed E-state index contributed by atoms with van der Waals surface area (Å²) < 4.78 is 13.0. The predicted octanol–water partition coefficient (Wildman–Crippen LogP) is 3.10. The largest absolute Gasteiger partial charge is 0.349 e. The fraction of sp³-hybridized carbons (Fsp3) is 0.611. The first-order chi connectivity index (χ1) is 10.7. The smallest absolute Gasteiger partial charge is 0.251 e. The lowest BCUT2D eigenvalue weighted by atomic mass is 9.81. The number of hydrogen-bond donors (Lipinski definition) is 1. The van der Waals surface area contributed by atoms with Crippen molar-refractivity contribution in [3.05, 3.63) is 35.6 Å². The fourth-order valence-corrected chi connectivity index (χ4v) is 4.37. The zero-order valence-electron chi connectivity index (χ0n) is 12.8. The summed E-state index contributed by atoms with van der Waals surface area (Å²) in [6.07, 6.45) is 8.74. The molecule has 2 bridgehead atoms. The quantitative estimate of drug-likeness (QED) is 0.930. The molecule has 4 rings (SSSR count). The zero-order chi connectivity index (χ0) is 15.1. The van der Waals surface area contributed by atoms with Gasteiger partial charge in [-0.05, 0) is 62.8 Å². The molecule has 22 heavy (non-hydrogen) atoms. The molecule has 0 aromatic heterocycles. The number of rotatable bonds is 3. The number of carbonyl (C=O) groups is 1. The maximum absolute atomic E-state index is 13.0. The first kappa shape index (κ1) is 14.2. The highest BCUT2D eigenvalue weighted by Crippen LogP contribution is 2.41. The Morgan fingerprint density at radius 2 is 1.64 bits per heavy atom. The van der Waals surface area contributed by atoms with E-state index in [9.17, 15) is 9.18 Å². The Balaban J connectivity index is 1.41. The van der Waals surface area contributed by atoms with Crippen LogP contribution in [0.25, 0.3) is 0 Å². The van der Waals surface area contributed by atoms with Gasteiger partial charge in [0.05, 0.1) is 0 Å². The number of nitrogens with one attached hydrogen (secondary N) is 1. The number of amides is 1. The van der Waals surface area contributed by atoms with Gasteiger partial charge in [0, 0.05) is 29.7 Å².